The van der Waals surface area contributed by atoms with Crippen molar-refractivity contribution in [3.05, 3.63) is 16.1 Å². The van der Waals surface area contributed by atoms with Crippen LogP contribution in [0.2, 0.25) is 0 Å². The SMILES string of the molecule is Cc1nc(C(CCO)C(C)(C)N)cs1. The van der Waals surface area contributed by atoms with Crippen molar-refractivity contribution < 1.29 is 5.11 Å². The van der Waals surface area contributed by atoms with Gasteiger partial charge in [-0.05, 0) is 27.2 Å². The van der Waals surface area contributed by atoms with Crippen LogP contribution in [0.15, 0.2) is 5.38 Å². The molecule has 0 aliphatic rings. The van der Waals surface area contributed by atoms with E-state index >= 15 is 0 Å². The molecule has 1 atom stereocenters. The molecule has 1 rings (SSSR count). The highest BCUT2D eigenvalue weighted by Crippen LogP contribution is 2.29. The maximum absolute atomic E-state index is 8.99. The molecule has 80 valence electrons. The van der Waals surface area contributed by atoms with Gasteiger partial charge in [-0.15, -0.1) is 11.3 Å². The highest BCUT2D eigenvalue weighted by molar-refractivity contribution is 7.09. The molecule has 4 heteroatoms. The van der Waals surface area contributed by atoms with Gasteiger partial charge in [-0.2, -0.15) is 0 Å². The lowest BCUT2D eigenvalue weighted by molar-refractivity contribution is 0.248. The van der Waals surface area contributed by atoms with Crippen molar-refractivity contribution in [2.75, 3.05) is 6.61 Å². The number of aryl methyl sites for hydroxylation is 1. The molecular weight excluding hydrogens is 196 g/mol. The molecule has 0 saturated heterocycles. The second-order valence-electron chi connectivity index (χ2n) is 4.18. The number of thiazole rings is 1. The highest BCUT2D eigenvalue weighted by Gasteiger charge is 2.27. The fraction of sp³-hybridized carbons (Fsp3) is 0.700. The van der Waals surface area contributed by atoms with Crippen LogP contribution in [0, 0.1) is 6.92 Å². The molecule has 0 radical (unpaired) electrons. The lowest BCUT2D eigenvalue weighted by atomic mass is 9.84. The first-order valence-corrected chi connectivity index (χ1v) is 5.65. The van der Waals surface area contributed by atoms with Gasteiger partial charge in [0.25, 0.3) is 0 Å². The van der Waals surface area contributed by atoms with Crippen LogP contribution >= 0.6 is 11.3 Å². The summed E-state index contributed by atoms with van der Waals surface area (Å²) in [6.07, 6.45) is 0.673. The van der Waals surface area contributed by atoms with Crippen LogP contribution in [0.5, 0.6) is 0 Å². The van der Waals surface area contributed by atoms with E-state index in [-0.39, 0.29) is 18.1 Å². The summed E-state index contributed by atoms with van der Waals surface area (Å²) in [5.41, 5.74) is 6.74. The molecule has 3 N–H and O–H groups in total. The number of aliphatic hydroxyl groups is 1. The van der Waals surface area contributed by atoms with E-state index in [1.54, 1.807) is 11.3 Å². The molecule has 0 fully saturated rings. The van der Waals surface area contributed by atoms with Gasteiger partial charge in [-0.3, -0.25) is 0 Å². The van der Waals surface area contributed by atoms with E-state index < -0.39 is 0 Å². The Morgan fingerprint density at radius 2 is 2.29 bits per heavy atom. The molecule has 0 aromatic carbocycles. The lowest BCUT2D eigenvalue weighted by Gasteiger charge is -2.28. The second kappa shape index (κ2) is 4.38. The Balaban J connectivity index is 2.88. The minimum atomic E-state index is -0.330. The summed E-state index contributed by atoms with van der Waals surface area (Å²) in [4.78, 5) is 4.42. The summed E-state index contributed by atoms with van der Waals surface area (Å²) in [6, 6.07) is 0. The number of rotatable bonds is 4. The van der Waals surface area contributed by atoms with Crippen molar-refractivity contribution in [1.82, 2.24) is 4.98 Å². The number of hydrogen-bond donors (Lipinski definition) is 2. The zero-order valence-corrected chi connectivity index (χ0v) is 9.77. The number of nitrogens with two attached hydrogens (primary N) is 1. The maximum Gasteiger partial charge on any atom is 0.0897 e. The number of aliphatic hydroxyl groups excluding tert-OH is 1. The first kappa shape index (κ1) is 11.6. The largest absolute Gasteiger partial charge is 0.396 e. The third-order valence-corrected chi connectivity index (χ3v) is 3.10. The molecule has 0 aliphatic carbocycles. The minimum absolute atomic E-state index is 0.137. The van der Waals surface area contributed by atoms with E-state index in [0.29, 0.717) is 6.42 Å². The monoisotopic (exact) mass is 214 g/mol. The van der Waals surface area contributed by atoms with Gasteiger partial charge in [-0.25, -0.2) is 4.98 Å². The maximum atomic E-state index is 8.99. The van der Waals surface area contributed by atoms with Crippen molar-refractivity contribution in [2.24, 2.45) is 5.73 Å². The van der Waals surface area contributed by atoms with Crippen molar-refractivity contribution in [3.8, 4) is 0 Å². The van der Waals surface area contributed by atoms with Crippen LogP contribution in [0.4, 0.5) is 0 Å². The Morgan fingerprint density at radius 3 is 2.64 bits per heavy atom. The Morgan fingerprint density at radius 1 is 1.64 bits per heavy atom. The highest BCUT2D eigenvalue weighted by atomic mass is 32.1. The van der Waals surface area contributed by atoms with Gasteiger partial charge in [0.2, 0.25) is 0 Å². The van der Waals surface area contributed by atoms with E-state index in [0.717, 1.165) is 10.7 Å². The van der Waals surface area contributed by atoms with Crippen LogP contribution in [0.3, 0.4) is 0 Å². The van der Waals surface area contributed by atoms with E-state index in [1.807, 2.05) is 26.2 Å². The van der Waals surface area contributed by atoms with Gasteiger partial charge in [0.15, 0.2) is 0 Å². The van der Waals surface area contributed by atoms with Crippen molar-refractivity contribution in [3.63, 3.8) is 0 Å². The summed E-state index contributed by atoms with van der Waals surface area (Å²) in [5, 5.41) is 12.1. The van der Waals surface area contributed by atoms with Gasteiger partial charge in [0.05, 0.1) is 10.7 Å². The van der Waals surface area contributed by atoms with Crippen LogP contribution in [-0.2, 0) is 0 Å². The molecule has 3 nitrogen and oxygen atoms in total. The summed E-state index contributed by atoms with van der Waals surface area (Å²) in [7, 11) is 0. The standard InChI is InChI=1S/C10H18N2OS/c1-7-12-9(6-14-7)8(4-5-13)10(2,3)11/h6,8,13H,4-5,11H2,1-3H3. The quantitative estimate of drug-likeness (QED) is 0.801. The molecule has 0 amide bonds. The van der Waals surface area contributed by atoms with Gasteiger partial charge < -0.3 is 10.8 Å². The summed E-state index contributed by atoms with van der Waals surface area (Å²) in [6.45, 7) is 6.08. The predicted molar refractivity (Wildman–Crippen MR) is 59.6 cm³/mol. The predicted octanol–water partition coefficient (Wildman–Crippen LogP) is 1.65. The Kier molecular flexibility index (Phi) is 3.64. The smallest absolute Gasteiger partial charge is 0.0897 e. The minimum Gasteiger partial charge on any atom is -0.396 e. The molecule has 1 aromatic heterocycles. The van der Waals surface area contributed by atoms with Crippen molar-refractivity contribution >= 4 is 11.3 Å². The molecule has 1 aromatic rings. The van der Waals surface area contributed by atoms with Crippen molar-refractivity contribution in [2.45, 2.75) is 38.6 Å². The van der Waals surface area contributed by atoms with Crippen LogP contribution in [-0.4, -0.2) is 22.2 Å². The van der Waals surface area contributed by atoms with E-state index in [4.69, 9.17) is 10.8 Å². The second-order valence-corrected chi connectivity index (χ2v) is 5.24. The third kappa shape index (κ3) is 2.77. The van der Waals surface area contributed by atoms with Crippen LogP contribution in [0.1, 0.15) is 36.9 Å². The lowest BCUT2D eigenvalue weighted by Crippen LogP contribution is -2.39. The Bertz CT molecular complexity index is 291. The Labute approximate surface area is 89.0 Å². The molecule has 1 unspecified atom stereocenters. The van der Waals surface area contributed by atoms with E-state index in [1.165, 1.54) is 0 Å². The van der Waals surface area contributed by atoms with Crippen molar-refractivity contribution in [1.29, 1.82) is 0 Å². The number of aromatic nitrogens is 1. The summed E-state index contributed by atoms with van der Waals surface area (Å²) >= 11 is 1.63. The number of hydrogen-bond acceptors (Lipinski definition) is 4. The first-order valence-electron chi connectivity index (χ1n) is 4.77. The van der Waals surface area contributed by atoms with Gasteiger partial charge in [0, 0.05) is 23.4 Å². The fourth-order valence-corrected chi connectivity index (χ4v) is 2.24. The molecular formula is C10H18N2OS. The molecule has 0 aliphatic heterocycles. The van der Waals surface area contributed by atoms with E-state index in [2.05, 4.69) is 4.98 Å². The molecule has 0 spiro atoms. The van der Waals surface area contributed by atoms with Gasteiger partial charge >= 0.3 is 0 Å². The van der Waals surface area contributed by atoms with Crippen LogP contribution < -0.4 is 5.73 Å². The van der Waals surface area contributed by atoms with Gasteiger partial charge in [-0.1, -0.05) is 0 Å². The van der Waals surface area contributed by atoms with Crippen LogP contribution in [0.25, 0.3) is 0 Å². The zero-order valence-electron chi connectivity index (χ0n) is 8.95. The molecule has 0 saturated carbocycles. The summed E-state index contributed by atoms with van der Waals surface area (Å²) < 4.78 is 0. The summed E-state index contributed by atoms with van der Waals surface area (Å²) in [5.74, 6) is 0.137. The fourth-order valence-electron chi connectivity index (χ4n) is 1.57. The number of nitrogens with zero attached hydrogens (tertiary/aromatic N) is 1. The van der Waals surface area contributed by atoms with E-state index in [9.17, 15) is 0 Å². The first-order chi connectivity index (χ1) is 6.45. The average Bonchev–Trinajstić information content (AvgIpc) is 2.45. The zero-order chi connectivity index (χ0) is 10.8. The van der Waals surface area contributed by atoms with Gasteiger partial charge in [0.1, 0.15) is 0 Å². The topological polar surface area (TPSA) is 59.1 Å². The third-order valence-electron chi connectivity index (χ3n) is 2.31. The molecule has 0 bridgehead atoms. The Hall–Kier alpha value is -0.450. The normalized spacial score (nSPS) is 14.4. The molecule has 14 heavy (non-hydrogen) atoms. The molecule has 1 heterocycles. The average molecular weight is 214 g/mol.